The lowest BCUT2D eigenvalue weighted by atomic mass is 10.1. The first-order valence-corrected chi connectivity index (χ1v) is 10.2. The minimum absolute atomic E-state index is 0.332. The number of hydrogen-bond donors (Lipinski definition) is 2. The van der Waals surface area contributed by atoms with Crippen LogP contribution < -0.4 is 20.5 Å². The molecule has 1 unspecified atom stereocenters. The lowest BCUT2D eigenvalue weighted by Gasteiger charge is -2.10. The van der Waals surface area contributed by atoms with E-state index >= 15 is 0 Å². The number of benzene rings is 2. The highest BCUT2D eigenvalue weighted by Gasteiger charge is 2.10. The van der Waals surface area contributed by atoms with Crippen LogP contribution in [0.3, 0.4) is 0 Å². The number of aliphatic imine (C=N–C) groups is 1. The number of ether oxygens (including phenoxy) is 2. The SMILES string of the molecule is CS(=O)Cc1ccc(CN=C(N)Nc2ccc3c(c2)OCCCO3)cc1. The molecule has 1 aliphatic heterocycles. The third kappa shape index (κ3) is 5.23. The van der Waals surface area contributed by atoms with Crippen molar-refractivity contribution in [2.24, 2.45) is 10.7 Å². The second-order valence-corrected chi connectivity index (χ2v) is 7.51. The maximum Gasteiger partial charge on any atom is 0.193 e. The number of fused-ring (bicyclic) bond motifs is 1. The monoisotopic (exact) mass is 373 g/mol. The Morgan fingerprint density at radius 3 is 2.54 bits per heavy atom. The Balaban J connectivity index is 1.60. The molecular formula is C19H23N3O3S. The van der Waals surface area contributed by atoms with Gasteiger partial charge in [-0.3, -0.25) is 4.21 Å². The number of nitrogens with two attached hydrogens (primary N) is 1. The van der Waals surface area contributed by atoms with Crippen LogP contribution in [0.1, 0.15) is 17.5 Å². The normalized spacial score (nSPS) is 15.2. The first kappa shape index (κ1) is 18.3. The molecule has 7 heteroatoms. The summed E-state index contributed by atoms with van der Waals surface area (Å²) in [5, 5.41) is 3.07. The van der Waals surface area contributed by atoms with Crippen LogP contribution in [0.2, 0.25) is 0 Å². The average molecular weight is 373 g/mol. The molecule has 0 saturated carbocycles. The van der Waals surface area contributed by atoms with Crippen LogP contribution in [-0.2, 0) is 23.1 Å². The Bertz CT molecular complexity index is 806. The highest BCUT2D eigenvalue weighted by Crippen LogP contribution is 2.32. The van der Waals surface area contributed by atoms with Gasteiger partial charge in [0.1, 0.15) is 0 Å². The van der Waals surface area contributed by atoms with Crippen molar-refractivity contribution in [3.8, 4) is 11.5 Å². The molecule has 3 rings (SSSR count). The summed E-state index contributed by atoms with van der Waals surface area (Å²) in [5.74, 6) is 2.36. The van der Waals surface area contributed by atoms with Crippen molar-refractivity contribution in [2.45, 2.75) is 18.7 Å². The summed E-state index contributed by atoms with van der Waals surface area (Å²) in [6.07, 6.45) is 2.57. The van der Waals surface area contributed by atoms with Gasteiger partial charge >= 0.3 is 0 Å². The van der Waals surface area contributed by atoms with Gasteiger partial charge in [0.25, 0.3) is 0 Å². The number of hydrogen-bond acceptors (Lipinski definition) is 4. The zero-order valence-corrected chi connectivity index (χ0v) is 15.6. The fourth-order valence-electron chi connectivity index (χ4n) is 2.58. The van der Waals surface area contributed by atoms with Crippen LogP contribution >= 0.6 is 0 Å². The van der Waals surface area contributed by atoms with E-state index in [-0.39, 0.29) is 0 Å². The van der Waals surface area contributed by atoms with Gasteiger partial charge in [0.15, 0.2) is 17.5 Å². The van der Waals surface area contributed by atoms with E-state index in [9.17, 15) is 4.21 Å². The second kappa shape index (κ2) is 8.71. The van der Waals surface area contributed by atoms with Gasteiger partial charge in [0, 0.05) is 41.0 Å². The molecule has 0 aliphatic carbocycles. The Morgan fingerprint density at radius 1 is 1.12 bits per heavy atom. The van der Waals surface area contributed by atoms with Crippen LogP contribution in [0, 0.1) is 0 Å². The molecule has 1 heterocycles. The topological polar surface area (TPSA) is 85.9 Å². The highest BCUT2D eigenvalue weighted by molar-refractivity contribution is 7.83. The van der Waals surface area contributed by atoms with E-state index in [1.165, 1.54) is 0 Å². The first-order chi connectivity index (χ1) is 12.6. The Kier molecular flexibility index (Phi) is 6.12. The van der Waals surface area contributed by atoms with Gasteiger partial charge < -0.3 is 20.5 Å². The van der Waals surface area contributed by atoms with Crippen LogP contribution in [0.25, 0.3) is 0 Å². The minimum Gasteiger partial charge on any atom is -0.490 e. The summed E-state index contributed by atoms with van der Waals surface area (Å²) in [7, 11) is -0.836. The fourth-order valence-corrected chi connectivity index (χ4v) is 3.24. The van der Waals surface area contributed by atoms with Crippen LogP contribution in [0.5, 0.6) is 11.5 Å². The number of anilines is 1. The molecule has 3 N–H and O–H groups in total. The van der Waals surface area contributed by atoms with Crippen molar-refractivity contribution in [2.75, 3.05) is 24.8 Å². The third-order valence-corrected chi connectivity index (χ3v) is 4.58. The van der Waals surface area contributed by atoms with Crippen molar-refractivity contribution >= 4 is 22.4 Å². The van der Waals surface area contributed by atoms with Crippen LogP contribution in [0.15, 0.2) is 47.5 Å². The maximum absolute atomic E-state index is 11.2. The quantitative estimate of drug-likeness (QED) is 0.622. The van der Waals surface area contributed by atoms with Gasteiger partial charge in [-0.25, -0.2) is 4.99 Å². The summed E-state index contributed by atoms with van der Waals surface area (Å²) < 4.78 is 22.5. The van der Waals surface area contributed by atoms with E-state index in [1.807, 2.05) is 42.5 Å². The summed E-state index contributed by atoms with van der Waals surface area (Å²) >= 11 is 0. The van der Waals surface area contributed by atoms with Gasteiger partial charge in [0.05, 0.1) is 19.8 Å². The van der Waals surface area contributed by atoms with Gasteiger partial charge in [-0.1, -0.05) is 24.3 Å². The molecule has 0 radical (unpaired) electrons. The summed E-state index contributed by atoms with van der Waals surface area (Å²) in [4.78, 5) is 4.36. The van der Waals surface area contributed by atoms with Crippen molar-refractivity contribution in [3.63, 3.8) is 0 Å². The summed E-state index contributed by atoms with van der Waals surface area (Å²) in [6, 6.07) is 13.5. The van der Waals surface area contributed by atoms with Gasteiger partial charge in [-0.15, -0.1) is 0 Å². The molecule has 0 saturated heterocycles. The zero-order chi connectivity index (χ0) is 18.4. The number of nitrogens with one attached hydrogen (secondary N) is 1. The van der Waals surface area contributed by atoms with Crippen molar-refractivity contribution < 1.29 is 13.7 Å². The molecular weight excluding hydrogens is 350 g/mol. The van der Waals surface area contributed by atoms with Gasteiger partial charge in [0.2, 0.25) is 0 Å². The average Bonchev–Trinajstić information content (AvgIpc) is 2.85. The second-order valence-electron chi connectivity index (χ2n) is 6.07. The fraction of sp³-hybridized carbons (Fsp3) is 0.316. The number of rotatable bonds is 5. The lowest BCUT2D eigenvalue weighted by molar-refractivity contribution is 0.297. The molecule has 0 aromatic heterocycles. The zero-order valence-electron chi connectivity index (χ0n) is 14.7. The Morgan fingerprint density at radius 2 is 1.81 bits per heavy atom. The predicted molar refractivity (Wildman–Crippen MR) is 105 cm³/mol. The molecule has 138 valence electrons. The first-order valence-electron chi connectivity index (χ1n) is 8.44. The maximum atomic E-state index is 11.2. The largest absolute Gasteiger partial charge is 0.490 e. The molecule has 2 aromatic rings. The van der Waals surface area contributed by atoms with E-state index in [0.29, 0.717) is 37.2 Å². The summed E-state index contributed by atoms with van der Waals surface area (Å²) in [5.41, 5.74) is 8.88. The van der Waals surface area contributed by atoms with E-state index in [4.69, 9.17) is 15.2 Å². The van der Waals surface area contributed by atoms with Crippen LogP contribution in [0.4, 0.5) is 5.69 Å². The Hall–Kier alpha value is -2.54. The van der Waals surface area contributed by atoms with E-state index in [0.717, 1.165) is 29.0 Å². The van der Waals surface area contributed by atoms with Crippen LogP contribution in [-0.4, -0.2) is 29.6 Å². The molecule has 26 heavy (non-hydrogen) atoms. The van der Waals surface area contributed by atoms with Crippen molar-refractivity contribution in [3.05, 3.63) is 53.6 Å². The minimum atomic E-state index is -0.836. The van der Waals surface area contributed by atoms with Crippen molar-refractivity contribution in [1.29, 1.82) is 0 Å². The molecule has 1 aliphatic rings. The molecule has 6 nitrogen and oxygen atoms in total. The molecule has 1 atom stereocenters. The lowest BCUT2D eigenvalue weighted by Crippen LogP contribution is -2.22. The van der Waals surface area contributed by atoms with E-state index < -0.39 is 10.8 Å². The number of guanidine groups is 1. The molecule has 0 spiro atoms. The smallest absolute Gasteiger partial charge is 0.193 e. The van der Waals surface area contributed by atoms with Gasteiger partial charge in [-0.05, 0) is 23.3 Å². The van der Waals surface area contributed by atoms with Gasteiger partial charge in [-0.2, -0.15) is 0 Å². The summed E-state index contributed by atoms with van der Waals surface area (Å²) in [6.45, 7) is 1.77. The third-order valence-electron chi connectivity index (χ3n) is 3.84. The molecule has 0 bridgehead atoms. The molecule has 0 amide bonds. The number of nitrogens with zero attached hydrogens (tertiary/aromatic N) is 1. The highest BCUT2D eigenvalue weighted by atomic mass is 32.2. The van der Waals surface area contributed by atoms with Crippen molar-refractivity contribution in [1.82, 2.24) is 0 Å². The standard InChI is InChI=1S/C19H23N3O3S/c1-26(23)13-15-5-3-14(4-6-15)12-21-19(20)22-16-7-8-17-18(11-16)25-10-2-9-24-17/h3-8,11H,2,9-10,12-13H2,1H3,(H3,20,21,22). The van der Waals surface area contributed by atoms with E-state index in [1.54, 1.807) is 6.26 Å². The molecule has 0 fully saturated rings. The van der Waals surface area contributed by atoms with E-state index in [2.05, 4.69) is 10.3 Å². The molecule has 2 aromatic carbocycles. The predicted octanol–water partition coefficient (Wildman–Crippen LogP) is 2.65. The Labute approximate surface area is 155 Å².